The predicted octanol–water partition coefficient (Wildman–Crippen LogP) is 4.58. The zero-order valence-electron chi connectivity index (χ0n) is 15.5. The van der Waals surface area contributed by atoms with Gasteiger partial charge in [0.15, 0.2) is 6.23 Å². The number of ether oxygens (including phenoxy) is 2. The Labute approximate surface area is 180 Å². The van der Waals surface area contributed by atoms with Gasteiger partial charge in [0.2, 0.25) is 0 Å². The number of piperazine rings is 1. The average molecular weight is 464 g/mol. The quantitative estimate of drug-likeness (QED) is 0.636. The Morgan fingerprint density at radius 1 is 1.03 bits per heavy atom. The molecule has 0 aromatic heterocycles. The van der Waals surface area contributed by atoms with E-state index in [1.165, 1.54) is 12.1 Å². The summed E-state index contributed by atoms with van der Waals surface area (Å²) in [7, 11) is 0. The Kier molecular flexibility index (Phi) is 7.17. The summed E-state index contributed by atoms with van der Waals surface area (Å²) in [4.78, 5) is 14.3. The lowest BCUT2D eigenvalue weighted by molar-refractivity contribution is -0.274. The molecule has 0 spiro atoms. The van der Waals surface area contributed by atoms with Crippen molar-refractivity contribution in [2.45, 2.75) is 12.6 Å². The van der Waals surface area contributed by atoms with Gasteiger partial charge in [0, 0.05) is 31.7 Å². The number of carbonyl (C=O) groups is 1. The van der Waals surface area contributed by atoms with Crippen LogP contribution in [-0.4, -0.2) is 43.5 Å². The molecule has 162 valence electrons. The zero-order chi connectivity index (χ0) is 21.7. The van der Waals surface area contributed by atoms with Crippen molar-refractivity contribution in [1.29, 1.82) is 0 Å². The number of halogens is 5. The highest BCUT2D eigenvalue weighted by Crippen LogP contribution is 2.29. The minimum Gasteiger partial charge on any atom is -0.466 e. The molecule has 0 bridgehead atoms. The first-order chi connectivity index (χ1) is 14.2. The highest BCUT2D eigenvalue weighted by Gasteiger charge is 2.31. The molecule has 2 amide bonds. The van der Waals surface area contributed by atoms with Crippen molar-refractivity contribution in [1.82, 2.24) is 15.5 Å². The molecule has 1 heterocycles. The van der Waals surface area contributed by atoms with E-state index in [2.05, 4.69) is 15.4 Å². The summed E-state index contributed by atoms with van der Waals surface area (Å²) in [5, 5.41) is 6.53. The van der Waals surface area contributed by atoms with Crippen molar-refractivity contribution in [3.8, 4) is 11.5 Å². The summed E-state index contributed by atoms with van der Waals surface area (Å²) in [5.41, 5.74) is 0.517. The minimum atomic E-state index is -4.79. The van der Waals surface area contributed by atoms with Crippen LogP contribution < -0.4 is 20.1 Å². The highest BCUT2D eigenvalue weighted by atomic mass is 35.5. The lowest BCUT2D eigenvalue weighted by atomic mass is 10.2. The SMILES string of the molecule is O=C(NC(Oc1ccc(OC(F)(F)F)cc1)c1ccc(Cl)c(Cl)c1)N1CCNCC1. The van der Waals surface area contributed by atoms with Gasteiger partial charge in [0.25, 0.3) is 0 Å². The largest absolute Gasteiger partial charge is 0.573 e. The zero-order valence-corrected chi connectivity index (χ0v) is 17.0. The molecule has 1 saturated heterocycles. The third-order valence-electron chi connectivity index (χ3n) is 4.22. The molecule has 1 atom stereocenters. The van der Waals surface area contributed by atoms with Gasteiger partial charge in [0.05, 0.1) is 10.0 Å². The van der Waals surface area contributed by atoms with Crippen LogP contribution in [0, 0.1) is 0 Å². The first-order valence-electron chi connectivity index (χ1n) is 8.95. The van der Waals surface area contributed by atoms with Crippen LogP contribution in [0.3, 0.4) is 0 Å². The average Bonchev–Trinajstić information content (AvgIpc) is 2.70. The van der Waals surface area contributed by atoms with E-state index in [0.717, 1.165) is 12.1 Å². The molecular formula is C19H18Cl2F3N3O3. The van der Waals surface area contributed by atoms with Crippen molar-refractivity contribution in [2.75, 3.05) is 26.2 Å². The number of rotatable bonds is 5. The summed E-state index contributed by atoms with van der Waals surface area (Å²) < 4.78 is 46.7. The molecule has 3 rings (SSSR count). The molecule has 0 aliphatic carbocycles. The Morgan fingerprint density at radius 3 is 2.27 bits per heavy atom. The Balaban J connectivity index is 1.78. The van der Waals surface area contributed by atoms with Crippen molar-refractivity contribution in [3.05, 3.63) is 58.1 Å². The summed E-state index contributed by atoms with van der Waals surface area (Å²) in [6.45, 7) is 2.41. The van der Waals surface area contributed by atoms with Crippen molar-refractivity contribution < 1.29 is 27.4 Å². The van der Waals surface area contributed by atoms with Crippen LogP contribution in [0.2, 0.25) is 10.0 Å². The second-order valence-electron chi connectivity index (χ2n) is 6.38. The lowest BCUT2D eigenvalue weighted by Crippen LogP contribution is -2.51. The number of carbonyl (C=O) groups excluding carboxylic acids is 1. The molecule has 1 aliphatic heterocycles. The number of nitrogens with zero attached hydrogens (tertiary/aromatic N) is 1. The fourth-order valence-corrected chi connectivity index (χ4v) is 3.09. The van der Waals surface area contributed by atoms with E-state index in [0.29, 0.717) is 36.8 Å². The molecule has 6 nitrogen and oxygen atoms in total. The number of hydrogen-bond donors (Lipinski definition) is 2. The molecule has 30 heavy (non-hydrogen) atoms. The second-order valence-corrected chi connectivity index (χ2v) is 7.19. The molecule has 11 heteroatoms. The monoisotopic (exact) mass is 463 g/mol. The molecule has 0 saturated carbocycles. The second kappa shape index (κ2) is 9.63. The van der Waals surface area contributed by atoms with Gasteiger partial charge in [-0.3, -0.25) is 5.32 Å². The van der Waals surface area contributed by atoms with Crippen molar-refractivity contribution >= 4 is 29.2 Å². The maximum atomic E-state index is 12.6. The van der Waals surface area contributed by atoms with E-state index in [-0.39, 0.29) is 22.6 Å². The third-order valence-corrected chi connectivity index (χ3v) is 4.96. The molecule has 2 aromatic carbocycles. The summed E-state index contributed by atoms with van der Waals surface area (Å²) in [6.07, 6.45) is -5.74. The summed E-state index contributed by atoms with van der Waals surface area (Å²) in [6, 6.07) is 9.26. The third kappa shape index (κ3) is 6.32. The maximum absolute atomic E-state index is 12.6. The predicted molar refractivity (Wildman–Crippen MR) is 106 cm³/mol. The van der Waals surface area contributed by atoms with Crippen LogP contribution in [0.15, 0.2) is 42.5 Å². The van der Waals surface area contributed by atoms with Gasteiger partial charge >= 0.3 is 12.4 Å². The van der Waals surface area contributed by atoms with E-state index in [9.17, 15) is 18.0 Å². The van der Waals surface area contributed by atoms with Gasteiger partial charge in [-0.05, 0) is 36.4 Å². The molecule has 2 N–H and O–H groups in total. The molecule has 2 aromatic rings. The van der Waals surface area contributed by atoms with Crippen LogP contribution in [0.25, 0.3) is 0 Å². The first-order valence-corrected chi connectivity index (χ1v) is 9.70. The number of hydrogen-bond acceptors (Lipinski definition) is 4. The fraction of sp³-hybridized carbons (Fsp3) is 0.316. The number of nitrogens with one attached hydrogen (secondary N) is 2. The topological polar surface area (TPSA) is 62.8 Å². The van der Waals surface area contributed by atoms with Crippen LogP contribution in [0.4, 0.5) is 18.0 Å². The van der Waals surface area contributed by atoms with Crippen LogP contribution in [-0.2, 0) is 0 Å². The van der Waals surface area contributed by atoms with Crippen LogP contribution in [0.5, 0.6) is 11.5 Å². The molecule has 0 radical (unpaired) electrons. The number of alkyl halides is 3. The van der Waals surface area contributed by atoms with E-state index in [1.807, 2.05) is 0 Å². The van der Waals surface area contributed by atoms with Gasteiger partial charge in [0.1, 0.15) is 11.5 Å². The lowest BCUT2D eigenvalue weighted by Gasteiger charge is -2.30. The minimum absolute atomic E-state index is 0.223. The van der Waals surface area contributed by atoms with Gasteiger partial charge < -0.3 is 19.7 Å². The molecule has 1 aliphatic rings. The first kappa shape index (κ1) is 22.3. The highest BCUT2D eigenvalue weighted by molar-refractivity contribution is 6.42. The summed E-state index contributed by atoms with van der Waals surface area (Å²) in [5.74, 6) is -0.160. The van der Waals surface area contributed by atoms with Gasteiger partial charge in [-0.15, -0.1) is 13.2 Å². The fourth-order valence-electron chi connectivity index (χ4n) is 2.78. The van der Waals surface area contributed by atoms with E-state index in [4.69, 9.17) is 27.9 Å². The van der Waals surface area contributed by atoms with Gasteiger partial charge in [-0.2, -0.15) is 0 Å². The molecule has 1 unspecified atom stereocenters. The van der Waals surface area contributed by atoms with E-state index >= 15 is 0 Å². The van der Waals surface area contributed by atoms with E-state index < -0.39 is 12.6 Å². The van der Waals surface area contributed by atoms with Gasteiger partial charge in [-0.25, -0.2) is 4.79 Å². The van der Waals surface area contributed by atoms with Crippen molar-refractivity contribution in [2.24, 2.45) is 0 Å². The molecule has 1 fully saturated rings. The van der Waals surface area contributed by atoms with Gasteiger partial charge in [-0.1, -0.05) is 29.3 Å². The Bertz CT molecular complexity index is 876. The van der Waals surface area contributed by atoms with Crippen molar-refractivity contribution in [3.63, 3.8) is 0 Å². The normalized spacial score (nSPS) is 15.4. The van der Waals surface area contributed by atoms with Crippen LogP contribution in [0.1, 0.15) is 11.8 Å². The molecular weight excluding hydrogens is 446 g/mol. The van der Waals surface area contributed by atoms with E-state index in [1.54, 1.807) is 23.1 Å². The maximum Gasteiger partial charge on any atom is 0.573 e. The standard InChI is InChI=1S/C19H18Cl2F3N3O3/c20-15-6-1-12(11-16(15)21)17(26-18(28)27-9-7-25-8-10-27)29-13-2-4-14(5-3-13)30-19(22,23)24/h1-6,11,17,25H,7-10H2,(H,26,28). The number of amides is 2. The number of urea groups is 1. The van der Waals surface area contributed by atoms with Crippen LogP contribution >= 0.6 is 23.2 Å². The number of benzene rings is 2. The smallest absolute Gasteiger partial charge is 0.466 e. The summed E-state index contributed by atoms with van der Waals surface area (Å²) >= 11 is 12.0. The Morgan fingerprint density at radius 2 is 1.67 bits per heavy atom. The Hall–Kier alpha value is -2.36.